The number of halogens is 1. The molecule has 0 saturated carbocycles. The summed E-state index contributed by atoms with van der Waals surface area (Å²) in [4.78, 5) is 31.0. The Morgan fingerprint density at radius 2 is 2.12 bits per heavy atom. The maximum Gasteiger partial charge on any atom is 0.254 e. The number of oxazole rings is 1. The van der Waals surface area contributed by atoms with Gasteiger partial charge in [-0.3, -0.25) is 9.59 Å². The molecule has 1 N–H and O–H groups in total. The van der Waals surface area contributed by atoms with Crippen LogP contribution in [0.2, 0.25) is 0 Å². The van der Waals surface area contributed by atoms with Gasteiger partial charge in [0.2, 0.25) is 11.8 Å². The number of hydrogen-bond donors (Lipinski definition) is 1. The van der Waals surface area contributed by atoms with E-state index < -0.39 is 6.04 Å². The highest BCUT2D eigenvalue weighted by molar-refractivity contribution is 9.10. The van der Waals surface area contributed by atoms with Crippen LogP contribution in [0, 0.1) is 0 Å². The third-order valence-electron chi connectivity index (χ3n) is 4.27. The van der Waals surface area contributed by atoms with E-state index in [2.05, 4.69) is 26.2 Å². The van der Waals surface area contributed by atoms with Gasteiger partial charge in [0.25, 0.3) is 5.91 Å². The normalized spacial score (nSPS) is 16.9. The van der Waals surface area contributed by atoms with Gasteiger partial charge in [-0.15, -0.1) is 0 Å². The molecule has 1 aliphatic heterocycles. The second kappa shape index (κ2) is 7.82. The van der Waals surface area contributed by atoms with Crippen molar-refractivity contribution < 1.29 is 14.0 Å². The first-order valence-corrected chi connectivity index (χ1v) is 9.15. The van der Waals surface area contributed by atoms with Crippen LogP contribution < -0.4 is 5.32 Å². The number of nitrogens with one attached hydrogen (secondary N) is 1. The summed E-state index contributed by atoms with van der Waals surface area (Å²) in [5.41, 5.74) is 0.586. The molecule has 2 heterocycles. The van der Waals surface area contributed by atoms with Gasteiger partial charge in [0.05, 0.1) is 12.7 Å². The Morgan fingerprint density at radius 1 is 1.36 bits per heavy atom. The van der Waals surface area contributed by atoms with Crippen LogP contribution in [0.15, 0.2) is 39.4 Å². The van der Waals surface area contributed by atoms with Crippen molar-refractivity contribution in [1.29, 1.82) is 0 Å². The number of likely N-dealkylation sites (tertiary alicyclic amines) is 1. The summed E-state index contributed by atoms with van der Waals surface area (Å²) in [7, 11) is 0. The molecular formula is C18H20BrN3O3. The van der Waals surface area contributed by atoms with Gasteiger partial charge in [-0.05, 0) is 37.1 Å². The van der Waals surface area contributed by atoms with E-state index in [1.807, 2.05) is 19.1 Å². The average Bonchev–Trinajstić information content (AvgIpc) is 3.29. The van der Waals surface area contributed by atoms with E-state index in [9.17, 15) is 9.59 Å². The third-order valence-corrected chi connectivity index (χ3v) is 4.80. The van der Waals surface area contributed by atoms with Crippen LogP contribution in [0.25, 0.3) is 0 Å². The molecule has 3 rings (SSSR count). The molecule has 0 aliphatic carbocycles. The van der Waals surface area contributed by atoms with E-state index in [0.717, 1.165) is 23.1 Å². The van der Waals surface area contributed by atoms with Crippen LogP contribution in [0.3, 0.4) is 0 Å². The van der Waals surface area contributed by atoms with Gasteiger partial charge in [0.15, 0.2) is 0 Å². The third kappa shape index (κ3) is 4.10. The number of aryl methyl sites for hydroxylation is 1. The fourth-order valence-electron chi connectivity index (χ4n) is 2.91. The first kappa shape index (κ1) is 17.7. The number of carbonyl (C=O) groups excluding carboxylic acids is 2. The number of aromatic nitrogens is 1. The topological polar surface area (TPSA) is 75.4 Å². The van der Waals surface area contributed by atoms with E-state index in [-0.39, 0.29) is 18.4 Å². The zero-order chi connectivity index (χ0) is 17.8. The van der Waals surface area contributed by atoms with Gasteiger partial charge in [-0.1, -0.05) is 22.9 Å². The van der Waals surface area contributed by atoms with Gasteiger partial charge < -0.3 is 14.6 Å². The first-order valence-electron chi connectivity index (χ1n) is 8.36. The smallest absolute Gasteiger partial charge is 0.254 e. The quantitative estimate of drug-likeness (QED) is 0.829. The predicted molar refractivity (Wildman–Crippen MR) is 95.9 cm³/mol. The molecule has 1 atom stereocenters. The van der Waals surface area contributed by atoms with Gasteiger partial charge in [0, 0.05) is 23.0 Å². The number of amides is 2. The molecule has 1 aromatic carbocycles. The summed E-state index contributed by atoms with van der Waals surface area (Å²) >= 11 is 3.36. The standard InChI is InChI=1S/C18H20BrN3O3/c1-2-14-10-20-16(25-14)11-21-17(23)15-4-3-9-22(15)18(24)12-5-7-13(19)8-6-12/h5-8,10,15H,2-4,9,11H2,1H3,(H,21,23)/t15-/m1/s1. The van der Waals surface area contributed by atoms with Gasteiger partial charge in [-0.2, -0.15) is 0 Å². The van der Waals surface area contributed by atoms with Crippen molar-refractivity contribution in [3.05, 3.63) is 52.1 Å². The summed E-state index contributed by atoms with van der Waals surface area (Å²) in [6, 6.07) is 6.73. The lowest BCUT2D eigenvalue weighted by molar-refractivity contribution is -0.125. The molecule has 1 aliphatic rings. The van der Waals surface area contributed by atoms with Gasteiger partial charge in [-0.25, -0.2) is 4.98 Å². The number of benzene rings is 1. The fraction of sp³-hybridized carbons (Fsp3) is 0.389. The second-order valence-corrected chi connectivity index (χ2v) is 6.87. The minimum absolute atomic E-state index is 0.116. The Labute approximate surface area is 154 Å². The molecule has 132 valence electrons. The Morgan fingerprint density at radius 3 is 2.80 bits per heavy atom. The first-order chi connectivity index (χ1) is 12.1. The summed E-state index contributed by atoms with van der Waals surface area (Å²) in [6.07, 6.45) is 3.92. The van der Waals surface area contributed by atoms with Crippen molar-refractivity contribution in [1.82, 2.24) is 15.2 Å². The van der Waals surface area contributed by atoms with Crippen molar-refractivity contribution in [3.63, 3.8) is 0 Å². The Bertz CT molecular complexity index is 757. The number of nitrogens with zero attached hydrogens (tertiary/aromatic N) is 2. The number of carbonyl (C=O) groups is 2. The number of rotatable bonds is 5. The minimum atomic E-state index is -0.447. The molecule has 2 amide bonds. The largest absolute Gasteiger partial charge is 0.444 e. The monoisotopic (exact) mass is 405 g/mol. The summed E-state index contributed by atoms with van der Waals surface area (Å²) in [5.74, 6) is 0.986. The van der Waals surface area contributed by atoms with Gasteiger partial charge >= 0.3 is 0 Å². The van der Waals surface area contributed by atoms with Crippen molar-refractivity contribution in [2.24, 2.45) is 0 Å². The summed E-state index contributed by atoms with van der Waals surface area (Å²) < 4.78 is 6.40. The fourth-order valence-corrected chi connectivity index (χ4v) is 3.18. The molecule has 0 radical (unpaired) electrons. The van der Waals surface area contributed by atoms with E-state index in [1.54, 1.807) is 23.2 Å². The second-order valence-electron chi connectivity index (χ2n) is 5.96. The lowest BCUT2D eigenvalue weighted by Gasteiger charge is -2.23. The van der Waals surface area contributed by atoms with Crippen molar-refractivity contribution >= 4 is 27.7 Å². The van der Waals surface area contributed by atoms with Crippen LogP contribution in [0.1, 0.15) is 41.8 Å². The molecular weight excluding hydrogens is 386 g/mol. The van der Waals surface area contributed by atoms with E-state index in [1.165, 1.54) is 0 Å². The molecule has 7 heteroatoms. The minimum Gasteiger partial charge on any atom is -0.444 e. The highest BCUT2D eigenvalue weighted by Crippen LogP contribution is 2.21. The van der Waals surface area contributed by atoms with Crippen LogP contribution in [0.4, 0.5) is 0 Å². The molecule has 1 saturated heterocycles. The molecule has 2 aromatic rings. The number of hydrogen-bond acceptors (Lipinski definition) is 4. The Balaban J connectivity index is 1.62. The van der Waals surface area contributed by atoms with Crippen molar-refractivity contribution in [2.75, 3.05) is 6.54 Å². The predicted octanol–water partition coefficient (Wildman–Crippen LogP) is 2.92. The lowest BCUT2D eigenvalue weighted by Crippen LogP contribution is -2.45. The molecule has 1 fully saturated rings. The van der Waals surface area contributed by atoms with Crippen LogP contribution in [-0.2, 0) is 17.8 Å². The lowest BCUT2D eigenvalue weighted by atomic mass is 10.1. The zero-order valence-corrected chi connectivity index (χ0v) is 15.6. The maximum absolute atomic E-state index is 12.7. The van der Waals surface area contributed by atoms with Crippen molar-refractivity contribution in [3.8, 4) is 0 Å². The molecule has 25 heavy (non-hydrogen) atoms. The molecule has 0 unspecified atom stereocenters. The van der Waals surface area contributed by atoms with Crippen LogP contribution >= 0.6 is 15.9 Å². The molecule has 1 aromatic heterocycles. The van der Waals surface area contributed by atoms with Crippen molar-refractivity contribution in [2.45, 2.75) is 38.8 Å². The van der Waals surface area contributed by atoms with E-state index >= 15 is 0 Å². The van der Waals surface area contributed by atoms with Crippen LogP contribution in [0.5, 0.6) is 0 Å². The molecule has 0 bridgehead atoms. The Kier molecular flexibility index (Phi) is 5.53. The van der Waals surface area contributed by atoms with E-state index in [4.69, 9.17) is 4.42 Å². The Hall–Kier alpha value is -2.15. The van der Waals surface area contributed by atoms with Gasteiger partial charge in [0.1, 0.15) is 11.8 Å². The van der Waals surface area contributed by atoms with Crippen LogP contribution in [-0.4, -0.2) is 34.3 Å². The SMILES string of the molecule is CCc1cnc(CNC(=O)[C@H]2CCCN2C(=O)c2ccc(Br)cc2)o1. The summed E-state index contributed by atoms with van der Waals surface area (Å²) in [6.45, 7) is 2.80. The van der Waals surface area contributed by atoms with E-state index in [0.29, 0.717) is 24.4 Å². The maximum atomic E-state index is 12.7. The highest BCUT2D eigenvalue weighted by atomic mass is 79.9. The highest BCUT2D eigenvalue weighted by Gasteiger charge is 2.34. The average molecular weight is 406 g/mol. The molecule has 6 nitrogen and oxygen atoms in total. The summed E-state index contributed by atoms with van der Waals surface area (Å²) in [5, 5.41) is 2.83. The zero-order valence-electron chi connectivity index (χ0n) is 14.0. The molecule has 0 spiro atoms.